The van der Waals surface area contributed by atoms with E-state index < -0.39 is 17.5 Å². The van der Waals surface area contributed by atoms with Gasteiger partial charge in [-0.05, 0) is 30.3 Å². The van der Waals surface area contributed by atoms with Crippen molar-refractivity contribution < 1.29 is 13.6 Å². The van der Waals surface area contributed by atoms with Gasteiger partial charge in [-0.1, -0.05) is 17.7 Å². The Kier molecular flexibility index (Phi) is 3.97. The van der Waals surface area contributed by atoms with Crippen LogP contribution in [0.2, 0.25) is 5.02 Å². The SMILES string of the molecule is N#Cc1cc(NC(=O)c2cccc(Cl)c2F)ccc1F. The zero-order valence-electron chi connectivity index (χ0n) is 9.95. The minimum absolute atomic E-state index is 0.172. The van der Waals surface area contributed by atoms with Gasteiger partial charge in [0.05, 0.1) is 16.1 Å². The summed E-state index contributed by atoms with van der Waals surface area (Å²) in [5, 5.41) is 10.9. The fraction of sp³-hybridized carbons (Fsp3) is 0. The molecule has 0 aliphatic heterocycles. The van der Waals surface area contributed by atoms with Crippen LogP contribution in [0.1, 0.15) is 15.9 Å². The molecule has 0 saturated carbocycles. The molecule has 0 aromatic heterocycles. The van der Waals surface area contributed by atoms with Crippen molar-refractivity contribution in [3.63, 3.8) is 0 Å². The molecule has 0 unspecified atom stereocenters. The molecule has 2 aromatic rings. The van der Waals surface area contributed by atoms with Gasteiger partial charge in [0.1, 0.15) is 11.9 Å². The Morgan fingerprint density at radius 2 is 2.00 bits per heavy atom. The summed E-state index contributed by atoms with van der Waals surface area (Å²) in [6.45, 7) is 0. The van der Waals surface area contributed by atoms with Crippen LogP contribution in [0.5, 0.6) is 0 Å². The molecule has 0 bridgehead atoms. The number of nitrogens with one attached hydrogen (secondary N) is 1. The highest BCUT2D eigenvalue weighted by Gasteiger charge is 2.14. The summed E-state index contributed by atoms with van der Waals surface area (Å²) < 4.78 is 26.8. The Balaban J connectivity index is 2.29. The standard InChI is InChI=1S/C14H7ClF2N2O/c15-11-3-1-2-10(13(11)17)14(20)19-9-4-5-12(16)8(6-9)7-18/h1-6H,(H,19,20). The summed E-state index contributed by atoms with van der Waals surface area (Å²) >= 11 is 5.58. The molecule has 2 rings (SSSR count). The average molecular weight is 293 g/mol. The lowest BCUT2D eigenvalue weighted by Crippen LogP contribution is -2.14. The second-order valence-corrected chi connectivity index (χ2v) is 4.27. The molecular weight excluding hydrogens is 286 g/mol. The van der Waals surface area contributed by atoms with Gasteiger partial charge in [-0.25, -0.2) is 8.78 Å². The number of anilines is 1. The van der Waals surface area contributed by atoms with Crippen molar-refractivity contribution in [1.29, 1.82) is 5.26 Å². The van der Waals surface area contributed by atoms with Gasteiger partial charge in [0, 0.05) is 5.69 Å². The van der Waals surface area contributed by atoms with E-state index in [1.807, 2.05) is 0 Å². The number of nitrogens with zero attached hydrogens (tertiary/aromatic N) is 1. The van der Waals surface area contributed by atoms with E-state index in [4.69, 9.17) is 16.9 Å². The third-order valence-corrected chi connectivity index (χ3v) is 2.83. The topological polar surface area (TPSA) is 52.9 Å². The van der Waals surface area contributed by atoms with E-state index in [1.54, 1.807) is 6.07 Å². The predicted octanol–water partition coefficient (Wildman–Crippen LogP) is 3.74. The molecule has 0 aliphatic rings. The number of carbonyl (C=O) groups excluding carboxylic acids is 1. The van der Waals surface area contributed by atoms with Crippen molar-refractivity contribution >= 4 is 23.2 Å². The van der Waals surface area contributed by atoms with Gasteiger partial charge in [0.25, 0.3) is 5.91 Å². The first-order chi connectivity index (χ1) is 9.52. The number of halogens is 3. The summed E-state index contributed by atoms with van der Waals surface area (Å²) in [5.74, 6) is -2.27. The van der Waals surface area contributed by atoms with Gasteiger partial charge in [-0.2, -0.15) is 5.26 Å². The molecule has 0 spiro atoms. The molecule has 20 heavy (non-hydrogen) atoms. The van der Waals surface area contributed by atoms with Crippen LogP contribution in [0, 0.1) is 23.0 Å². The zero-order chi connectivity index (χ0) is 14.7. The van der Waals surface area contributed by atoms with Crippen LogP contribution in [0.4, 0.5) is 14.5 Å². The van der Waals surface area contributed by atoms with Crippen LogP contribution >= 0.6 is 11.6 Å². The van der Waals surface area contributed by atoms with Crippen LogP contribution in [0.3, 0.4) is 0 Å². The van der Waals surface area contributed by atoms with Gasteiger partial charge < -0.3 is 5.32 Å². The molecule has 0 heterocycles. The Bertz CT molecular complexity index is 726. The molecule has 1 N–H and O–H groups in total. The Hall–Kier alpha value is -2.45. The van der Waals surface area contributed by atoms with Crippen molar-refractivity contribution in [2.75, 3.05) is 5.32 Å². The van der Waals surface area contributed by atoms with Gasteiger partial charge in [0.15, 0.2) is 5.82 Å². The zero-order valence-corrected chi connectivity index (χ0v) is 10.7. The number of hydrogen-bond donors (Lipinski definition) is 1. The van der Waals surface area contributed by atoms with Crippen molar-refractivity contribution in [2.45, 2.75) is 0 Å². The molecule has 0 saturated heterocycles. The summed E-state index contributed by atoms with van der Waals surface area (Å²) in [4.78, 5) is 11.9. The number of benzene rings is 2. The lowest BCUT2D eigenvalue weighted by molar-refractivity contribution is 0.102. The molecule has 0 radical (unpaired) electrons. The number of carbonyl (C=O) groups is 1. The van der Waals surface area contributed by atoms with E-state index in [1.165, 1.54) is 24.3 Å². The quantitative estimate of drug-likeness (QED) is 0.916. The fourth-order valence-electron chi connectivity index (χ4n) is 1.57. The van der Waals surface area contributed by atoms with Gasteiger partial charge >= 0.3 is 0 Å². The third-order valence-electron chi connectivity index (χ3n) is 2.54. The van der Waals surface area contributed by atoms with Crippen LogP contribution < -0.4 is 5.32 Å². The molecule has 0 fully saturated rings. The summed E-state index contributed by atoms with van der Waals surface area (Å²) in [5.41, 5.74) is -0.262. The average Bonchev–Trinajstić information content (AvgIpc) is 2.43. The molecular formula is C14H7ClF2N2O. The van der Waals surface area contributed by atoms with Gasteiger partial charge in [0.2, 0.25) is 0 Å². The number of rotatable bonds is 2. The van der Waals surface area contributed by atoms with Crippen LogP contribution in [0.15, 0.2) is 36.4 Å². The molecule has 0 aliphatic carbocycles. The van der Waals surface area contributed by atoms with Crippen molar-refractivity contribution in [3.8, 4) is 6.07 Å². The van der Waals surface area contributed by atoms with E-state index in [0.717, 1.165) is 12.1 Å². The number of nitriles is 1. The highest BCUT2D eigenvalue weighted by atomic mass is 35.5. The first-order valence-corrected chi connectivity index (χ1v) is 5.85. The van der Waals surface area contributed by atoms with E-state index in [9.17, 15) is 13.6 Å². The normalized spacial score (nSPS) is 9.90. The number of hydrogen-bond acceptors (Lipinski definition) is 2. The van der Waals surface area contributed by atoms with Gasteiger partial charge in [-0.3, -0.25) is 4.79 Å². The molecule has 3 nitrogen and oxygen atoms in total. The maximum Gasteiger partial charge on any atom is 0.258 e. The molecule has 0 atom stereocenters. The summed E-state index contributed by atoms with van der Waals surface area (Å²) in [7, 11) is 0. The Labute approximate surface area is 118 Å². The summed E-state index contributed by atoms with van der Waals surface area (Å²) in [6, 6.07) is 9.15. The van der Waals surface area contributed by atoms with E-state index in [2.05, 4.69) is 5.32 Å². The molecule has 1 amide bonds. The molecule has 6 heteroatoms. The van der Waals surface area contributed by atoms with Gasteiger partial charge in [-0.15, -0.1) is 0 Å². The third kappa shape index (κ3) is 2.76. The van der Waals surface area contributed by atoms with Crippen molar-refractivity contribution in [1.82, 2.24) is 0 Å². The largest absolute Gasteiger partial charge is 0.322 e. The minimum Gasteiger partial charge on any atom is -0.322 e. The minimum atomic E-state index is -0.839. The Morgan fingerprint density at radius 1 is 1.25 bits per heavy atom. The van der Waals surface area contributed by atoms with E-state index in [0.29, 0.717) is 0 Å². The van der Waals surface area contributed by atoms with Crippen LogP contribution in [-0.4, -0.2) is 5.91 Å². The maximum atomic E-state index is 13.7. The highest BCUT2D eigenvalue weighted by Crippen LogP contribution is 2.20. The van der Waals surface area contributed by atoms with Crippen molar-refractivity contribution in [3.05, 3.63) is 64.2 Å². The Morgan fingerprint density at radius 3 is 2.70 bits per heavy atom. The van der Waals surface area contributed by atoms with Crippen molar-refractivity contribution in [2.24, 2.45) is 0 Å². The number of amides is 1. The smallest absolute Gasteiger partial charge is 0.258 e. The second kappa shape index (κ2) is 5.68. The fourth-order valence-corrected chi connectivity index (χ4v) is 1.74. The monoisotopic (exact) mass is 292 g/mol. The highest BCUT2D eigenvalue weighted by molar-refractivity contribution is 6.31. The van der Waals surface area contributed by atoms with E-state index >= 15 is 0 Å². The lowest BCUT2D eigenvalue weighted by Gasteiger charge is -2.07. The van der Waals surface area contributed by atoms with Crippen LogP contribution in [-0.2, 0) is 0 Å². The predicted molar refractivity (Wildman–Crippen MR) is 70.5 cm³/mol. The maximum absolute atomic E-state index is 13.7. The molecule has 100 valence electrons. The lowest BCUT2D eigenvalue weighted by atomic mass is 10.1. The second-order valence-electron chi connectivity index (χ2n) is 3.86. The first kappa shape index (κ1) is 14.0. The van der Waals surface area contributed by atoms with E-state index in [-0.39, 0.29) is 21.8 Å². The summed E-state index contributed by atoms with van der Waals surface area (Å²) in [6.07, 6.45) is 0. The first-order valence-electron chi connectivity index (χ1n) is 5.48. The molecule has 2 aromatic carbocycles. The van der Waals surface area contributed by atoms with Crippen LogP contribution in [0.25, 0.3) is 0 Å².